The van der Waals surface area contributed by atoms with Gasteiger partial charge in [-0.2, -0.15) is 0 Å². The summed E-state index contributed by atoms with van der Waals surface area (Å²) in [6.07, 6.45) is 1.72. The van der Waals surface area contributed by atoms with Crippen molar-refractivity contribution in [2.24, 2.45) is 0 Å². The Kier molecular flexibility index (Phi) is 2.48. The Morgan fingerprint density at radius 1 is 1.44 bits per heavy atom. The minimum absolute atomic E-state index is 0.0989. The molecular formula is C12H10FNO2. The van der Waals surface area contributed by atoms with Gasteiger partial charge in [0.05, 0.1) is 6.54 Å². The number of carboxylic acids is 1. The van der Waals surface area contributed by atoms with Crippen LogP contribution in [0.4, 0.5) is 4.39 Å². The fourth-order valence-electron chi connectivity index (χ4n) is 1.58. The third-order valence-electron chi connectivity index (χ3n) is 2.40. The molecule has 1 N–H and O–H groups in total. The zero-order valence-corrected chi connectivity index (χ0v) is 8.48. The number of carboxylic acid groups (broad SMARTS) is 1. The molecule has 0 aliphatic carbocycles. The molecule has 0 aliphatic heterocycles. The van der Waals surface area contributed by atoms with E-state index in [1.807, 2.05) is 0 Å². The summed E-state index contributed by atoms with van der Waals surface area (Å²) < 4.78 is 14.6. The molecule has 0 fully saturated rings. The number of benzene rings is 1. The third-order valence-corrected chi connectivity index (χ3v) is 2.40. The molecule has 82 valence electrons. The van der Waals surface area contributed by atoms with Gasteiger partial charge >= 0.3 is 5.97 Å². The van der Waals surface area contributed by atoms with Gasteiger partial charge in [0.2, 0.25) is 0 Å². The van der Waals surface area contributed by atoms with Gasteiger partial charge in [-0.1, -0.05) is 6.58 Å². The third kappa shape index (κ3) is 1.82. The van der Waals surface area contributed by atoms with Crippen molar-refractivity contribution in [2.45, 2.75) is 6.54 Å². The van der Waals surface area contributed by atoms with Crippen LogP contribution in [0.15, 0.2) is 42.6 Å². The predicted molar refractivity (Wildman–Crippen MR) is 58.7 cm³/mol. The Labute approximate surface area is 91.4 Å². The number of aromatic nitrogens is 1. The lowest BCUT2D eigenvalue weighted by Gasteiger charge is -2.04. The van der Waals surface area contributed by atoms with Gasteiger partial charge in [0.1, 0.15) is 5.82 Å². The average Bonchev–Trinajstić information content (AvgIpc) is 2.60. The molecule has 0 spiro atoms. The highest BCUT2D eigenvalue weighted by Gasteiger charge is 2.07. The summed E-state index contributed by atoms with van der Waals surface area (Å²) in [6, 6.07) is 6.13. The van der Waals surface area contributed by atoms with E-state index < -0.39 is 5.97 Å². The summed E-state index contributed by atoms with van der Waals surface area (Å²) in [7, 11) is 0. The summed E-state index contributed by atoms with van der Waals surface area (Å²) in [5, 5.41) is 9.47. The average molecular weight is 219 g/mol. The maximum Gasteiger partial charge on any atom is 0.332 e. The quantitative estimate of drug-likeness (QED) is 0.805. The van der Waals surface area contributed by atoms with Crippen LogP contribution in [0.1, 0.15) is 0 Å². The largest absolute Gasteiger partial charge is 0.478 e. The lowest BCUT2D eigenvalue weighted by molar-refractivity contribution is -0.132. The van der Waals surface area contributed by atoms with Gasteiger partial charge in [-0.25, -0.2) is 9.18 Å². The molecular weight excluding hydrogens is 209 g/mol. The number of halogens is 1. The summed E-state index contributed by atoms with van der Waals surface area (Å²) in [5.74, 6) is -1.33. The van der Waals surface area contributed by atoms with E-state index in [2.05, 4.69) is 6.58 Å². The lowest BCUT2D eigenvalue weighted by atomic mass is 10.2. The first-order valence-electron chi connectivity index (χ1n) is 4.73. The first-order chi connectivity index (χ1) is 7.58. The van der Waals surface area contributed by atoms with Crippen molar-refractivity contribution in [1.82, 2.24) is 4.57 Å². The van der Waals surface area contributed by atoms with Crippen LogP contribution in [0.2, 0.25) is 0 Å². The van der Waals surface area contributed by atoms with Gasteiger partial charge < -0.3 is 9.67 Å². The Balaban J connectivity index is 2.39. The lowest BCUT2D eigenvalue weighted by Crippen LogP contribution is -2.07. The van der Waals surface area contributed by atoms with E-state index in [4.69, 9.17) is 5.11 Å². The molecule has 1 aromatic carbocycles. The predicted octanol–water partition coefficient (Wildman–Crippen LogP) is 2.42. The molecule has 16 heavy (non-hydrogen) atoms. The molecule has 0 saturated heterocycles. The minimum Gasteiger partial charge on any atom is -0.478 e. The highest BCUT2D eigenvalue weighted by molar-refractivity contribution is 5.86. The zero-order chi connectivity index (χ0) is 11.7. The first-order valence-corrected chi connectivity index (χ1v) is 4.73. The Morgan fingerprint density at radius 3 is 2.88 bits per heavy atom. The maximum atomic E-state index is 12.9. The van der Waals surface area contributed by atoms with Crippen LogP contribution in [-0.4, -0.2) is 15.6 Å². The molecule has 1 aromatic heterocycles. The van der Waals surface area contributed by atoms with Crippen LogP contribution in [0.5, 0.6) is 0 Å². The fourth-order valence-corrected chi connectivity index (χ4v) is 1.58. The van der Waals surface area contributed by atoms with Crippen molar-refractivity contribution >= 4 is 16.9 Å². The van der Waals surface area contributed by atoms with E-state index in [1.54, 1.807) is 22.9 Å². The van der Waals surface area contributed by atoms with E-state index in [1.165, 1.54) is 12.1 Å². The van der Waals surface area contributed by atoms with Crippen molar-refractivity contribution < 1.29 is 14.3 Å². The van der Waals surface area contributed by atoms with Gasteiger partial charge in [-0.05, 0) is 24.3 Å². The number of rotatable bonds is 3. The highest BCUT2D eigenvalue weighted by Crippen LogP contribution is 2.17. The molecule has 0 bridgehead atoms. The molecule has 1 heterocycles. The second-order valence-electron chi connectivity index (χ2n) is 3.56. The van der Waals surface area contributed by atoms with E-state index >= 15 is 0 Å². The van der Waals surface area contributed by atoms with Crippen LogP contribution in [0.25, 0.3) is 10.9 Å². The summed E-state index contributed by atoms with van der Waals surface area (Å²) in [5.41, 5.74) is 0.894. The fraction of sp³-hybridized carbons (Fsp3) is 0.0833. The van der Waals surface area contributed by atoms with Crippen LogP contribution in [-0.2, 0) is 11.3 Å². The van der Waals surface area contributed by atoms with Crippen LogP contribution >= 0.6 is 0 Å². The van der Waals surface area contributed by atoms with Gasteiger partial charge in [0, 0.05) is 22.7 Å². The van der Waals surface area contributed by atoms with E-state index in [0.29, 0.717) is 0 Å². The molecule has 2 rings (SSSR count). The molecule has 0 atom stereocenters. The molecule has 2 aromatic rings. The van der Waals surface area contributed by atoms with Gasteiger partial charge in [0.25, 0.3) is 0 Å². The van der Waals surface area contributed by atoms with Crippen LogP contribution in [0, 0.1) is 5.82 Å². The molecule has 0 radical (unpaired) electrons. The van der Waals surface area contributed by atoms with Crippen molar-refractivity contribution in [1.29, 1.82) is 0 Å². The Morgan fingerprint density at radius 2 is 2.19 bits per heavy atom. The molecule has 4 heteroatoms. The van der Waals surface area contributed by atoms with Crippen molar-refractivity contribution in [2.75, 3.05) is 0 Å². The second kappa shape index (κ2) is 3.81. The van der Waals surface area contributed by atoms with E-state index in [9.17, 15) is 9.18 Å². The number of aliphatic carboxylic acids is 1. The Hall–Kier alpha value is -2.10. The molecule has 0 saturated carbocycles. The molecule has 0 aliphatic rings. The number of hydrogen-bond donors (Lipinski definition) is 1. The standard InChI is InChI=1S/C12H10FNO2/c1-8(12(15)16)7-14-5-4-9-6-10(13)2-3-11(9)14/h2-6H,1,7H2,(H,15,16). The Bertz CT molecular complexity index is 571. The van der Waals surface area contributed by atoms with Gasteiger partial charge in [-0.3, -0.25) is 0 Å². The highest BCUT2D eigenvalue weighted by atomic mass is 19.1. The normalized spacial score (nSPS) is 10.6. The van der Waals surface area contributed by atoms with Gasteiger partial charge in [-0.15, -0.1) is 0 Å². The van der Waals surface area contributed by atoms with E-state index in [0.717, 1.165) is 10.9 Å². The monoisotopic (exact) mass is 219 g/mol. The van der Waals surface area contributed by atoms with E-state index in [-0.39, 0.29) is 17.9 Å². The molecule has 0 amide bonds. The van der Waals surface area contributed by atoms with Crippen LogP contribution in [0.3, 0.4) is 0 Å². The number of hydrogen-bond acceptors (Lipinski definition) is 1. The SMILES string of the molecule is C=C(Cn1ccc2cc(F)ccc21)C(=O)O. The molecule has 0 unspecified atom stereocenters. The van der Waals surface area contributed by atoms with Crippen LogP contribution < -0.4 is 0 Å². The summed E-state index contributed by atoms with van der Waals surface area (Å²) in [4.78, 5) is 10.6. The topological polar surface area (TPSA) is 42.2 Å². The van der Waals surface area contributed by atoms with Crippen molar-refractivity contribution in [3.05, 3.63) is 48.4 Å². The zero-order valence-electron chi connectivity index (χ0n) is 8.48. The molecule has 3 nitrogen and oxygen atoms in total. The number of fused-ring (bicyclic) bond motifs is 1. The number of carbonyl (C=O) groups is 1. The summed E-state index contributed by atoms with van der Waals surface area (Å²) >= 11 is 0. The van der Waals surface area contributed by atoms with Crippen molar-refractivity contribution in [3.63, 3.8) is 0 Å². The smallest absolute Gasteiger partial charge is 0.332 e. The minimum atomic E-state index is -1.02. The second-order valence-corrected chi connectivity index (χ2v) is 3.56. The van der Waals surface area contributed by atoms with Crippen molar-refractivity contribution in [3.8, 4) is 0 Å². The number of nitrogens with zero attached hydrogens (tertiary/aromatic N) is 1. The maximum absolute atomic E-state index is 12.9. The summed E-state index contributed by atoms with van der Waals surface area (Å²) in [6.45, 7) is 3.66. The first kappa shape index (κ1) is 10.4. The van der Waals surface area contributed by atoms with Gasteiger partial charge in [0.15, 0.2) is 0 Å².